The maximum absolute atomic E-state index is 5.68. The van der Waals surface area contributed by atoms with E-state index in [9.17, 15) is 0 Å². The van der Waals surface area contributed by atoms with Gasteiger partial charge in [0.1, 0.15) is 0 Å². The van der Waals surface area contributed by atoms with E-state index < -0.39 is 0 Å². The summed E-state index contributed by atoms with van der Waals surface area (Å²) in [6.45, 7) is 10.5. The summed E-state index contributed by atoms with van der Waals surface area (Å²) in [6, 6.07) is 8.32. The van der Waals surface area contributed by atoms with Gasteiger partial charge in [-0.2, -0.15) is 0 Å². The minimum absolute atomic E-state index is 0.133. The predicted molar refractivity (Wildman–Crippen MR) is 91.9 cm³/mol. The molecule has 0 bridgehead atoms. The lowest BCUT2D eigenvalue weighted by Gasteiger charge is -2.25. The highest BCUT2D eigenvalue weighted by Crippen LogP contribution is 2.25. The minimum atomic E-state index is 0.133. The number of aromatic nitrogens is 2. The van der Waals surface area contributed by atoms with Gasteiger partial charge in [0.2, 0.25) is 5.89 Å². The number of ether oxygens (including phenoxy) is 1. The van der Waals surface area contributed by atoms with Crippen LogP contribution >= 0.6 is 12.2 Å². The van der Waals surface area contributed by atoms with Crippen LogP contribution in [0.1, 0.15) is 26.3 Å². The standard InChI is InChI=1S/C17H23N3O2S/c1-17(2,3)14-6-4-13(5-7-14)15-18-20(16(23)22-15)12-19-8-10-21-11-9-19/h4-7H,8-12H2,1-3H3. The third kappa shape index (κ3) is 3.88. The third-order valence-electron chi connectivity index (χ3n) is 4.04. The molecule has 0 aliphatic carbocycles. The van der Waals surface area contributed by atoms with Crippen molar-refractivity contribution in [3.8, 4) is 11.5 Å². The molecule has 1 aliphatic heterocycles. The van der Waals surface area contributed by atoms with Crippen LogP contribution in [-0.2, 0) is 16.8 Å². The van der Waals surface area contributed by atoms with Crippen molar-refractivity contribution >= 4 is 12.2 Å². The van der Waals surface area contributed by atoms with Crippen molar-refractivity contribution < 1.29 is 9.15 Å². The molecule has 124 valence electrons. The number of hydrogen-bond donors (Lipinski definition) is 0. The van der Waals surface area contributed by atoms with E-state index in [0.29, 0.717) is 17.4 Å². The van der Waals surface area contributed by atoms with Crippen molar-refractivity contribution in [2.75, 3.05) is 26.3 Å². The minimum Gasteiger partial charge on any atom is -0.409 e. The van der Waals surface area contributed by atoms with Gasteiger partial charge in [-0.1, -0.05) is 32.9 Å². The highest BCUT2D eigenvalue weighted by molar-refractivity contribution is 7.71. The molecule has 5 nitrogen and oxygen atoms in total. The quantitative estimate of drug-likeness (QED) is 0.805. The molecule has 23 heavy (non-hydrogen) atoms. The molecule has 0 N–H and O–H groups in total. The molecule has 1 saturated heterocycles. The number of morpholine rings is 1. The normalized spacial score (nSPS) is 16.7. The zero-order chi connectivity index (χ0) is 16.4. The van der Waals surface area contributed by atoms with Crippen LogP contribution in [0.15, 0.2) is 28.7 Å². The van der Waals surface area contributed by atoms with Gasteiger partial charge in [0, 0.05) is 18.7 Å². The second kappa shape index (κ2) is 6.55. The molecule has 0 atom stereocenters. The fourth-order valence-electron chi connectivity index (χ4n) is 2.56. The Morgan fingerprint density at radius 1 is 1.13 bits per heavy atom. The van der Waals surface area contributed by atoms with Crippen LogP contribution in [0.3, 0.4) is 0 Å². The van der Waals surface area contributed by atoms with E-state index in [1.807, 2.05) is 12.1 Å². The van der Waals surface area contributed by atoms with E-state index in [1.54, 1.807) is 4.68 Å². The lowest BCUT2D eigenvalue weighted by molar-refractivity contribution is 0.0206. The molecule has 0 amide bonds. The van der Waals surface area contributed by atoms with E-state index in [4.69, 9.17) is 21.4 Å². The Morgan fingerprint density at radius 3 is 2.39 bits per heavy atom. The monoisotopic (exact) mass is 333 g/mol. The summed E-state index contributed by atoms with van der Waals surface area (Å²) in [5, 5.41) is 4.53. The smallest absolute Gasteiger partial charge is 0.288 e. The average molecular weight is 333 g/mol. The molecular formula is C17H23N3O2S. The van der Waals surface area contributed by atoms with Gasteiger partial charge in [0.15, 0.2) is 0 Å². The summed E-state index contributed by atoms with van der Waals surface area (Å²) in [6.07, 6.45) is 0. The first-order valence-corrected chi connectivity index (χ1v) is 8.33. The summed E-state index contributed by atoms with van der Waals surface area (Å²) in [5.41, 5.74) is 2.37. The maximum Gasteiger partial charge on any atom is 0.288 e. The van der Waals surface area contributed by atoms with Crippen molar-refractivity contribution in [3.63, 3.8) is 0 Å². The summed E-state index contributed by atoms with van der Waals surface area (Å²) in [7, 11) is 0. The molecule has 3 rings (SSSR count). The molecule has 0 unspecified atom stereocenters. The highest BCUT2D eigenvalue weighted by atomic mass is 32.1. The summed E-state index contributed by atoms with van der Waals surface area (Å²) in [4.78, 5) is 2.67. The van der Waals surface area contributed by atoms with Crippen LogP contribution in [0.25, 0.3) is 11.5 Å². The van der Waals surface area contributed by atoms with E-state index in [1.165, 1.54) is 5.56 Å². The molecule has 6 heteroatoms. The lowest BCUT2D eigenvalue weighted by atomic mass is 9.87. The molecular weight excluding hydrogens is 310 g/mol. The van der Waals surface area contributed by atoms with Crippen molar-refractivity contribution in [3.05, 3.63) is 34.7 Å². The number of nitrogens with zero attached hydrogens (tertiary/aromatic N) is 3. The Labute approximate surface area is 141 Å². The van der Waals surface area contributed by atoms with Crippen LogP contribution in [0.2, 0.25) is 0 Å². The Kier molecular flexibility index (Phi) is 4.66. The first kappa shape index (κ1) is 16.4. The predicted octanol–water partition coefficient (Wildman–Crippen LogP) is 3.46. The SMILES string of the molecule is CC(C)(C)c1ccc(-c2nn(CN3CCOCC3)c(=S)o2)cc1. The van der Waals surface area contributed by atoms with Crippen molar-refractivity contribution in [1.29, 1.82) is 0 Å². The molecule has 0 spiro atoms. The Morgan fingerprint density at radius 2 is 1.78 bits per heavy atom. The van der Waals surface area contributed by atoms with Crippen LogP contribution in [0.5, 0.6) is 0 Å². The summed E-state index contributed by atoms with van der Waals surface area (Å²) >= 11 is 5.30. The Hall–Kier alpha value is -1.50. The van der Waals surface area contributed by atoms with E-state index in [0.717, 1.165) is 31.9 Å². The number of rotatable bonds is 3. The maximum atomic E-state index is 5.68. The Bertz CT molecular complexity index is 707. The van der Waals surface area contributed by atoms with Gasteiger partial charge in [-0.15, -0.1) is 5.10 Å². The van der Waals surface area contributed by atoms with E-state index in [-0.39, 0.29) is 5.41 Å². The fraction of sp³-hybridized carbons (Fsp3) is 0.529. The molecule has 1 aliphatic rings. The molecule has 1 aromatic heterocycles. The summed E-state index contributed by atoms with van der Waals surface area (Å²) in [5.74, 6) is 0.573. The molecule has 0 saturated carbocycles. The lowest BCUT2D eigenvalue weighted by Crippen LogP contribution is -2.37. The van der Waals surface area contributed by atoms with Gasteiger partial charge in [-0.3, -0.25) is 4.90 Å². The van der Waals surface area contributed by atoms with Gasteiger partial charge in [0.25, 0.3) is 4.84 Å². The van der Waals surface area contributed by atoms with Crippen LogP contribution < -0.4 is 0 Å². The van der Waals surface area contributed by atoms with Gasteiger partial charge in [-0.25, -0.2) is 4.68 Å². The van der Waals surface area contributed by atoms with Crippen molar-refractivity contribution in [2.45, 2.75) is 32.9 Å². The topological polar surface area (TPSA) is 43.4 Å². The van der Waals surface area contributed by atoms with Crippen molar-refractivity contribution in [2.24, 2.45) is 0 Å². The first-order valence-electron chi connectivity index (χ1n) is 7.92. The fourth-order valence-corrected chi connectivity index (χ4v) is 2.73. The van der Waals surface area contributed by atoms with Gasteiger partial charge >= 0.3 is 0 Å². The number of benzene rings is 1. The zero-order valence-electron chi connectivity index (χ0n) is 13.9. The number of hydrogen-bond acceptors (Lipinski definition) is 5. The van der Waals surface area contributed by atoms with Crippen LogP contribution in [0.4, 0.5) is 0 Å². The van der Waals surface area contributed by atoms with Gasteiger partial charge in [0.05, 0.1) is 19.9 Å². The van der Waals surface area contributed by atoms with E-state index in [2.05, 4.69) is 42.9 Å². The van der Waals surface area contributed by atoms with Crippen LogP contribution in [-0.4, -0.2) is 41.0 Å². The molecule has 2 heterocycles. The zero-order valence-corrected chi connectivity index (χ0v) is 14.7. The second-order valence-corrected chi connectivity index (χ2v) is 7.22. The second-order valence-electron chi connectivity index (χ2n) is 6.87. The highest BCUT2D eigenvalue weighted by Gasteiger charge is 2.16. The molecule has 1 aromatic carbocycles. The molecule has 0 radical (unpaired) electrons. The largest absolute Gasteiger partial charge is 0.409 e. The summed E-state index contributed by atoms with van der Waals surface area (Å²) < 4.78 is 12.8. The molecule has 2 aromatic rings. The van der Waals surface area contributed by atoms with Crippen LogP contribution in [0, 0.1) is 4.84 Å². The first-order chi connectivity index (χ1) is 10.9. The third-order valence-corrected chi connectivity index (χ3v) is 4.34. The Balaban J connectivity index is 1.78. The average Bonchev–Trinajstić information content (AvgIpc) is 2.89. The van der Waals surface area contributed by atoms with E-state index >= 15 is 0 Å². The van der Waals surface area contributed by atoms with Crippen molar-refractivity contribution in [1.82, 2.24) is 14.7 Å². The van der Waals surface area contributed by atoms with Gasteiger partial charge in [-0.05, 0) is 35.3 Å². The van der Waals surface area contributed by atoms with Gasteiger partial charge < -0.3 is 9.15 Å². The molecule has 1 fully saturated rings.